The van der Waals surface area contributed by atoms with E-state index in [0.717, 1.165) is 0 Å². The Morgan fingerprint density at radius 2 is 1.86 bits per heavy atom. The van der Waals surface area contributed by atoms with Crippen molar-refractivity contribution in [1.82, 2.24) is 0 Å². The van der Waals surface area contributed by atoms with Gasteiger partial charge >= 0.3 is 0 Å². The zero-order chi connectivity index (χ0) is 9.97. The number of hydrogen-bond acceptors (Lipinski definition) is 0. The van der Waals surface area contributed by atoms with E-state index in [1.165, 1.54) is 23.1 Å². The third-order valence-electron chi connectivity index (χ3n) is 2.82. The van der Waals surface area contributed by atoms with E-state index in [9.17, 15) is 0 Å². The molecule has 0 spiro atoms. The molecule has 72 valence electrons. The Labute approximate surface area is 86.0 Å². The molecular weight excluding hydrogens is 168 g/mol. The monoisotopic (exact) mass is 184 g/mol. The molecule has 1 atom stereocenters. The molecule has 0 N–H and O–H groups in total. The highest BCUT2D eigenvalue weighted by molar-refractivity contribution is 5.69. The second kappa shape index (κ2) is 3.83. The van der Waals surface area contributed by atoms with Gasteiger partial charge in [-0.2, -0.15) is 0 Å². The summed E-state index contributed by atoms with van der Waals surface area (Å²) in [5.41, 5.74) is 4.16. The van der Waals surface area contributed by atoms with E-state index < -0.39 is 0 Å². The molecule has 0 heteroatoms. The topological polar surface area (TPSA) is 0 Å². The zero-order valence-electron chi connectivity index (χ0n) is 8.83. The maximum Gasteiger partial charge on any atom is -0.0150 e. The van der Waals surface area contributed by atoms with E-state index in [4.69, 9.17) is 0 Å². The van der Waals surface area contributed by atoms with Crippen molar-refractivity contribution in [2.24, 2.45) is 5.92 Å². The summed E-state index contributed by atoms with van der Waals surface area (Å²) in [6.07, 6.45) is 7.80. The highest BCUT2D eigenvalue weighted by atomic mass is 14.2. The van der Waals surface area contributed by atoms with Crippen LogP contribution in [0.15, 0.2) is 42.5 Å². The van der Waals surface area contributed by atoms with E-state index in [1.54, 1.807) is 0 Å². The van der Waals surface area contributed by atoms with Gasteiger partial charge in [0, 0.05) is 0 Å². The number of rotatable bonds is 1. The molecule has 14 heavy (non-hydrogen) atoms. The maximum atomic E-state index is 2.29. The lowest BCUT2D eigenvalue weighted by atomic mass is 9.88. The van der Waals surface area contributed by atoms with Gasteiger partial charge in [0.2, 0.25) is 0 Å². The van der Waals surface area contributed by atoms with Crippen molar-refractivity contribution in [1.29, 1.82) is 0 Å². The van der Waals surface area contributed by atoms with Crippen LogP contribution in [-0.4, -0.2) is 0 Å². The molecule has 1 aromatic rings. The van der Waals surface area contributed by atoms with E-state index in [2.05, 4.69) is 56.3 Å². The first-order valence-electron chi connectivity index (χ1n) is 5.21. The van der Waals surface area contributed by atoms with Crippen molar-refractivity contribution >= 4 is 5.57 Å². The summed E-state index contributed by atoms with van der Waals surface area (Å²) in [7, 11) is 0. The Kier molecular flexibility index (Phi) is 2.53. The first-order chi connectivity index (χ1) is 6.77. The smallest absolute Gasteiger partial charge is 0.0150 e. The lowest BCUT2D eigenvalue weighted by Gasteiger charge is -2.17. The molecule has 0 saturated heterocycles. The van der Waals surface area contributed by atoms with Crippen LogP contribution in [0.4, 0.5) is 0 Å². The molecule has 0 nitrogen and oxygen atoms in total. The van der Waals surface area contributed by atoms with Gasteiger partial charge in [-0.3, -0.25) is 0 Å². The largest absolute Gasteiger partial charge is 0.0839 e. The predicted octanol–water partition coefficient (Wildman–Crippen LogP) is 3.97. The predicted molar refractivity (Wildman–Crippen MR) is 62.1 cm³/mol. The van der Waals surface area contributed by atoms with E-state index in [-0.39, 0.29) is 0 Å². The Hall–Kier alpha value is -1.30. The van der Waals surface area contributed by atoms with Crippen LogP contribution in [0.5, 0.6) is 0 Å². The van der Waals surface area contributed by atoms with Crippen LogP contribution < -0.4 is 0 Å². The third kappa shape index (κ3) is 1.79. The van der Waals surface area contributed by atoms with Crippen molar-refractivity contribution in [3.05, 3.63) is 53.6 Å². The molecule has 0 saturated carbocycles. The van der Waals surface area contributed by atoms with Crippen molar-refractivity contribution in [2.45, 2.75) is 20.3 Å². The fraction of sp³-hybridized carbons (Fsp3) is 0.286. The molecule has 1 aromatic carbocycles. The van der Waals surface area contributed by atoms with Crippen LogP contribution in [0.25, 0.3) is 5.57 Å². The first kappa shape index (κ1) is 9.26. The third-order valence-corrected chi connectivity index (χ3v) is 2.82. The number of allylic oxidation sites excluding steroid dienone is 4. The molecule has 0 bridgehead atoms. The van der Waals surface area contributed by atoms with Gasteiger partial charge in [-0.05, 0) is 30.4 Å². The van der Waals surface area contributed by atoms with Crippen LogP contribution in [-0.2, 0) is 0 Å². The van der Waals surface area contributed by atoms with Crippen LogP contribution in [0, 0.1) is 12.8 Å². The molecular formula is C14H16. The van der Waals surface area contributed by atoms with Crippen LogP contribution >= 0.6 is 0 Å². The quantitative estimate of drug-likeness (QED) is 0.619. The van der Waals surface area contributed by atoms with E-state index in [0.29, 0.717) is 5.92 Å². The Bertz CT molecular complexity index is 366. The number of benzene rings is 1. The Morgan fingerprint density at radius 3 is 2.50 bits per heavy atom. The van der Waals surface area contributed by atoms with Crippen molar-refractivity contribution in [3.8, 4) is 0 Å². The molecule has 0 amide bonds. The fourth-order valence-electron chi connectivity index (χ4n) is 1.87. The molecule has 1 aliphatic carbocycles. The number of hydrogen-bond donors (Lipinski definition) is 0. The molecule has 0 aromatic heterocycles. The molecule has 1 aliphatic rings. The summed E-state index contributed by atoms with van der Waals surface area (Å²) in [6.45, 7) is 4.41. The Morgan fingerprint density at radius 1 is 1.14 bits per heavy atom. The van der Waals surface area contributed by atoms with E-state index >= 15 is 0 Å². The van der Waals surface area contributed by atoms with Gasteiger partial charge in [0.25, 0.3) is 0 Å². The fourth-order valence-corrected chi connectivity index (χ4v) is 1.87. The van der Waals surface area contributed by atoms with Gasteiger partial charge < -0.3 is 0 Å². The molecule has 0 aliphatic heterocycles. The first-order valence-corrected chi connectivity index (χ1v) is 5.21. The highest BCUT2D eigenvalue weighted by Gasteiger charge is 2.11. The SMILES string of the molecule is Cc1ccc(C2=CC=CCC2C)cc1. The van der Waals surface area contributed by atoms with Gasteiger partial charge in [-0.25, -0.2) is 0 Å². The summed E-state index contributed by atoms with van der Waals surface area (Å²) in [4.78, 5) is 0. The summed E-state index contributed by atoms with van der Waals surface area (Å²) >= 11 is 0. The van der Waals surface area contributed by atoms with Gasteiger partial charge in [-0.1, -0.05) is 55.0 Å². The zero-order valence-corrected chi connectivity index (χ0v) is 8.83. The van der Waals surface area contributed by atoms with Crippen molar-refractivity contribution in [3.63, 3.8) is 0 Å². The standard InChI is InChI=1S/C14H16/c1-11-7-9-13(10-8-11)14-6-4-3-5-12(14)2/h3-4,6-10,12H,5H2,1-2H3. The second-order valence-corrected chi connectivity index (χ2v) is 4.05. The molecule has 1 unspecified atom stereocenters. The second-order valence-electron chi connectivity index (χ2n) is 4.05. The molecule has 0 radical (unpaired) electrons. The van der Waals surface area contributed by atoms with Gasteiger partial charge in [0.1, 0.15) is 0 Å². The minimum absolute atomic E-state index is 0.655. The van der Waals surface area contributed by atoms with Crippen molar-refractivity contribution < 1.29 is 0 Å². The maximum absolute atomic E-state index is 2.29. The minimum atomic E-state index is 0.655. The van der Waals surface area contributed by atoms with Gasteiger partial charge in [-0.15, -0.1) is 0 Å². The molecule has 2 rings (SSSR count). The van der Waals surface area contributed by atoms with Gasteiger partial charge in [0.05, 0.1) is 0 Å². The van der Waals surface area contributed by atoms with Crippen molar-refractivity contribution in [2.75, 3.05) is 0 Å². The molecule has 0 fully saturated rings. The summed E-state index contributed by atoms with van der Waals surface area (Å²) in [5, 5.41) is 0. The normalized spacial score (nSPS) is 20.7. The van der Waals surface area contributed by atoms with Crippen LogP contribution in [0.1, 0.15) is 24.5 Å². The van der Waals surface area contributed by atoms with Gasteiger partial charge in [0.15, 0.2) is 0 Å². The summed E-state index contributed by atoms with van der Waals surface area (Å²) in [5.74, 6) is 0.655. The molecule has 0 heterocycles. The lowest BCUT2D eigenvalue weighted by Crippen LogP contribution is -2.00. The average molecular weight is 184 g/mol. The summed E-state index contributed by atoms with van der Waals surface area (Å²) in [6, 6.07) is 8.80. The summed E-state index contributed by atoms with van der Waals surface area (Å²) < 4.78 is 0. The van der Waals surface area contributed by atoms with Crippen LogP contribution in [0.2, 0.25) is 0 Å². The lowest BCUT2D eigenvalue weighted by molar-refractivity contribution is 0.758. The minimum Gasteiger partial charge on any atom is -0.0839 e. The highest BCUT2D eigenvalue weighted by Crippen LogP contribution is 2.28. The number of aryl methyl sites for hydroxylation is 1. The van der Waals surface area contributed by atoms with Crippen LogP contribution in [0.3, 0.4) is 0 Å². The average Bonchev–Trinajstić information content (AvgIpc) is 2.20. The van der Waals surface area contributed by atoms with E-state index in [1.807, 2.05) is 0 Å². The Balaban J connectivity index is 2.34.